The number of carboxylic acids is 1. The Labute approximate surface area is 113 Å². The number of hydrogen-bond acceptors (Lipinski definition) is 2. The summed E-state index contributed by atoms with van der Waals surface area (Å²) in [5.41, 5.74) is 1.86. The summed E-state index contributed by atoms with van der Waals surface area (Å²) in [6, 6.07) is 5.85. The molecule has 0 spiro atoms. The van der Waals surface area contributed by atoms with Crippen LogP contribution in [-0.2, 0) is 11.3 Å². The van der Waals surface area contributed by atoms with E-state index >= 15 is 0 Å². The van der Waals surface area contributed by atoms with Crippen molar-refractivity contribution in [1.82, 2.24) is 4.90 Å². The van der Waals surface area contributed by atoms with E-state index in [0.717, 1.165) is 16.1 Å². The van der Waals surface area contributed by atoms with E-state index in [2.05, 4.69) is 0 Å². The molecule has 0 aliphatic heterocycles. The van der Waals surface area contributed by atoms with Crippen LogP contribution in [0.3, 0.4) is 0 Å². The van der Waals surface area contributed by atoms with Gasteiger partial charge in [0.2, 0.25) is 0 Å². The summed E-state index contributed by atoms with van der Waals surface area (Å²) in [6.07, 6.45) is 0. The van der Waals surface area contributed by atoms with Gasteiger partial charge in [-0.2, -0.15) is 0 Å². The molecule has 0 aliphatic carbocycles. The van der Waals surface area contributed by atoms with E-state index in [0.29, 0.717) is 6.54 Å². The van der Waals surface area contributed by atoms with Gasteiger partial charge in [0.05, 0.1) is 6.54 Å². The van der Waals surface area contributed by atoms with E-state index < -0.39 is 5.97 Å². The smallest absolute Gasteiger partial charge is 0.317 e. The number of hydrogen-bond donors (Lipinski definition) is 1. The van der Waals surface area contributed by atoms with Gasteiger partial charge in [0.15, 0.2) is 0 Å². The van der Waals surface area contributed by atoms with Gasteiger partial charge in [0.1, 0.15) is 0 Å². The van der Waals surface area contributed by atoms with Crippen molar-refractivity contribution in [2.75, 3.05) is 6.54 Å². The van der Waals surface area contributed by atoms with Crippen LogP contribution in [0.15, 0.2) is 18.2 Å². The lowest BCUT2D eigenvalue weighted by Crippen LogP contribution is -2.43. The summed E-state index contributed by atoms with van der Waals surface area (Å²) in [5, 5.41) is 9.68. The molecule has 18 heavy (non-hydrogen) atoms. The fraction of sp³-hybridized carbons (Fsp3) is 0.500. The number of aryl methyl sites for hydroxylation is 1. The molecule has 0 heterocycles. The predicted molar refractivity (Wildman–Crippen MR) is 74.0 cm³/mol. The Morgan fingerprint density at radius 1 is 1.39 bits per heavy atom. The summed E-state index contributed by atoms with van der Waals surface area (Å²) < 4.78 is 0. The SMILES string of the molecule is Cc1ccc(CN(CC(=O)O)C(C)(C)C)cc1Cl. The zero-order valence-electron chi connectivity index (χ0n) is 11.3. The zero-order chi connectivity index (χ0) is 13.9. The molecule has 0 saturated carbocycles. The maximum atomic E-state index is 10.9. The quantitative estimate of drug-likeness (QED) is 0.911. The minimum Gasteiger partial charge on any atom is -0.480 e. The molecule has 1 aromatic carbocycles. The van der Waals surface area contributed by atoms with Gasteiger partial charge in [-0.3, -0.25) is 9.69 Å². The van der Waals surface area contributed by atoms with Gasteiger partial charge in [-0.25, -0.2) is 0 Å². The summed E-state index contributed by atoms with van der Waals surface area (Å²) in [6.45, 7) is 8.57. The maximum Gasteiger partial charge on any atom is 0.317 e. The fourth-order valence-corrected chi connectivity index (χ4v) is 1.85. The first-order chi connectivity index (χ1) is 8.20. The molecule has 1 N–H and O–H groups in total. The molecule has 0 atom stereocenters. The second-order valence-corrected chi connectivity index (χ2v) is 5.91. The van der Waals surface area contributed by atoms with Crippen LogP contribution in [0.4, 0.5) is 0 Å². The van der Waals surface area contributed by atoms with Crippen LogP contribution in [0, 0.1) is 6.92 Å². The topological polar surface area (TPSA) is 40.5 Å². The molecule has 0 amide bonds. The van der Waals surface area contributed by atoms with Crippen LogP contribution in [0.5, 0.6) is 0 Å². The maximum absolute atomic E-state index is 10.9. The minimum absolute atomic E-state index is 0.0228. The van der Waals surface area contributed by atoms with E-state index in [9.17, 15) is 4.79 Å². The van der Waals surface area contributed by atoms with Crippen molar-refractivity contribution in [2.45, 2.75) is 39.8 Å². The van der Waals surface area contributed by atoms with Crippen LogP contribution < -0.4 is 0 Å². The Kier molecular flexibility index (Phi) is 4.77. The molecule has 0 aromatic heterocycles. The average Bonchev–Trinajstić information content (AvgIpc) is 2.20. The third-order valence-corrected chi connectivity index (χ3v) is 3.29. The van der Waals surface area contributed by atoms with Gasteiger partial charge in [0.25, 0.3) is 0 Å². The van der Waals surface area contributed by atoms with Crippen LogP contribution in [-0.4, -0.2) is 28.1 Å². The van der Waals surface area contributed by atoms with E-state index in [4.69, 9.17) is 16.7 Å². The molecule has 0 fully saturated rings. The van der Waals surface area contributed by atoms with Crippen LogP contribution >= 0.6 is 11.6 Å². The first-order valence-corrected chi connectivity index (χ1v) is 6.30. The monoisotopic (exact) mass is 269 g/mol. The lowest BCUT2D eigenvalue weighted by Gasteiger charge is -2.34. The Hall–Kier alpha value is -1.06. The van der Waals surface area contributed by atoms with E-state index in [1.807, 2.05) is 50.8 Å². The van der Waals surface area contributed by atoms with Crippen molar-refractivity contribution in [3.63, 3.8) is 0 Å². The van der Waals surface area contributed by atoms with E-state index in [-0.39, 0.29) is 12.1 Å². The zero-order valence-corrected chi connectivity index (χ0v) is 12.1. The molecule has 0 unspecified atom stereocenters. The Bertz CT molecular complexity index is 438. The van der Waals surface area contributed by atoms with Crippen molar-refractivity contribution >= 4 is 17.6 Å². The van der Waals surface area contributed by atoms with Crippen LogP contribution in [0.1, 0.15) is 31.9 Å². The normalized spacial score (nSPS) is 11.9. The number of benzene rings is 1. The van der Waals surface area contributed by atoms with Crippen LogP contribution in [0.25, 0.3) is 0 Å². The Morgan fingerprint density at radius 3 is 2.44 bits per heavy atom. The predicted octanol–water partition coefficient (Wildman–Crippen LogP) is 3.33. The van der Waals surface area contributed by atoms with E-state index in [1.165, 1.54) is 0 Å². The first-order valence-electron chi connectivity index (χ1n) is 5.92. The van der Waals surface area contributed by atoms with Crippen molar-refractivity contribution in [3.05, 3.63) is 34.3 Å². The number of nitrogens with zero attached hydrogens (tertiary/aromatic N) is 1. The van der Waals surface area contributed by atoms with E-state index in [1.54, 1.807) is 0 Å². The minimum atomic E-state index is -0.817. The van der Waals surface area contributed by atoms with Gasteiger partial charge in [-0.05, 0) is 44.9 Å². The second kappa shape index (κ2) is 5.72. The van der Waals surface area contributed by atoms with Gasteiger partial charge in [-0.1, -0.05) is 23.7 Å². The summed E-state index contributed by atoms with van der Waals surface area (Å²) in [7, 11) is 0. The molecule has 4 heteroatoms. The van der Waals surface area contributed by atoms with Crippen molar-refractivity contribution in [2.24, 2.45) is 0 Å². The van der Waals surface area contributed by atoms with Gasteiger partial charge in [-0.15, -0.1) is 0 Å². The lowest BCUT2D eigenvalue weighted by molar-refractivity contribution is -0.139. The molecular formula is C14H20ClNO2. The third-order valence-electron chi connectivity index (χ3n) is 2.88. The average molecular weight is 270 g/mol. The molecule has 0 saturated heterocycles. The Balaban J connectivity index is 2.89. The summed E-state index contributed by atoms with van der Waals surface area (Å²) in [5.74, 6) is -0.817. The summed E-state index contributed by atoms with van der Waals surface area (Å²) in [4.78, 5) is 12.8. The van der Waals surface area contributed by atoms with Gasteiger partial charge < -0.3 is 5.11 Å². The molecule has 1 rings (SSSR count). The molecular weight excluding hydrogens is 250 g/mol. The molecule has 0 aliphatic rings. The molecule has 0 radical (unpaired) electrons. The molecule has 3 nitrogen and oxygen atoms in total. The Morgan fingerprint density at radius 2 is 2.00 bits per heavy atom. The number of halogens is 1. The number of carboxylic acid groups (broad SMARTS) is 1. The highest BCUT2D eigenvalue weighted by atomic mass is 35.5. The second-order valence-electron chi connectivity index (χ2n) is 5.50. The van der Waals surface area contributed by atoms with Crippen molar-refractivity contribution in [1.29, 1.82) is 0 Å². The third kappa shape index (κ3) is 4.31. The van der Waals surface area contributed by atoms with Crippen molar-refractivity contribution < 1.29 is 9.90 Å². The van der Waals surface area contributed by atoms with Gasteiger partial charge in [0, 0.05) is 17.1 Å². The highest BCUT2D eigenvalue weighted by molar-refractivity contribution is 6.31. The highest BCUT2D eigenvalue weighted by Gasteiger charge is 2.23. The standard InChI is InChI=1S/C14H20ClNO2/c1-10-5-6-11(7-12(10)15)8-16(9-13(17)18)14(2,3)4/h5-7H,8-9H2,1-4H3,(H,17,18). The number of rotatable bonds is 4. The number of carbonyl (C=O) groups is 1. The molecule has 1 aromatic rings. The van der Waals surface area contributed by atoms with Gasteiger partial charge >= 0.3 is 5.97 Å². The van der Waals surface area contributed by atoms with Crippen molar-refractivity contribution in [3.8, 4) is 0 Å². The highest BCUT2D eigenvalue weighted by Crippen LogP contribution is 2.21. The van der Waals surface area contributed by atoms with Crippen LogP contribution in [0.2, 0.25) is 5.02 Å². The first kappa shape index (κ1) is 15.0. The fourth-order valence-electron chi connectivity index (χ4n) is 1.65. The lowest BCUT2D eigenvalue weighted by atomic mass is 10.0. The largest absolute Gasteiger partial charge is 0.480 e. The molecule has 0 bridgehead atoms. The summed E-state index contributed by atoms with van der Waals surface area (Å²) >= 11 is 6.08. The number of aliphatic carboxylic acids is 1. The molecule has 100 valence electrons.